The van der Waals surface area contributed by atoms with Crippen molar-refractivity contribution in [1.29, 1.82) is 0 Å². The molecule has 2 fully saturated rings. The molecule has 0 aliphatic carbocycles. The standard InChI is InChI=1S/C7H11N3O3/c11-6-5(4-13-9-6)10-3-1-2-8-7(10)12/h5H,1-4H2,(H,8,12)(H,9,11). The second-order valence-corrected chi connectivity index (χ2v) is 3.07. The Hall–Kier alpha value is -1.30. The van der Waals surface area contributed by atoms with Gasteiger partial charge in [0.1, 0.15) is 12.6 Å². The number of hydrogen-bond donors (Lipinski definition) is 2. The molecule has 0 aromatic heterocycles. The number of carbonyl (C=O) groups excluding carboxylic acids is 2. The van der Waals surface area contributed by atoms with Crippen LogP contribution in [0, 0.1) is 0 Å². The van der Waals surface area contributed by atoms with Crippen LogP contribution in [0.2, 0.25) is 0 Å². The third-order valence-corrected chi connectivity index (χ3v) is 2.21. The van der Waals surface area contributed by atoms with E-state index in [0.717, 1.165) is 6.42 Å². The van der Waals surface area contributed by atoms with E-state index in [-0.39, 0.29) is 18.5 Å². The number of nitrogens with one attached hydrogen (secondary N) is 2. The van der Waals surface area contributed by atoms with E-state index < -0.39 is 6.04 Å². The summed E-state index contributed by atoms with van der Waals surface area (Å²) in [7, 11) is 0. The Morgan fingerprint density at radius 1 is 1.46 bits per heavy atom. The Morgan fingerprint density at radius 2 is 2.31 bits per heavy atom. The molecule has 0 aromatic carbocycles. The van der Waals surface area contributed by atoms with Gasteiger partial charge in [-0.3, -0.25) is 9.63 Å². The number of urea groups is 1. The Labute approximate surface area is 75.2 Å². The summed E-state index contributed by atoms with van der Waals surface area (Å²) in [5, 5.41) is 2.68. The third kappa shape index (κ3) is 1.44. The highest BCUT2D eigenvalue weighted by Gasteiger charge is 2.35. The highest BCUT2D eigenvalue weighted by Crippen LogP contribution is 2.09. The second kappa shape index (κ2) is 3.21. The Kier molecular flexibility index (Phi) is 2.05. The molecule has 2 aliphatic rings. The van der Waals surface area contributed by atoms with Crippen molar-refractivity contribution in [2.24, 2.45) is 0 Å². The van der Waals surface area contributed by atoms with Crippen LogP contribution in [-0.2, 0) is 9.63 Å². The quantitative estimate of drug-likeness (QED) is 0.541. The van der Waals surface area contributed by atoms with E-state index >= 15 is 0 Å². The van der Waals surface area contributed by atoms with Crippen LogP contribution >= 0.6 is 0 Å². The first-order valence-electron chi connectivity index (χ1n) is 4.25. The van der Waals surface area contributed by atoms with Gasteiger partial charge < -0.3 is 10.2 Å². The number of rotatable bonds is 1. The van der Waals surface area contributed by atoms with E-state index in [1.165, 1.54) is 4.90 Å². The third-order valence-electron chi connectivity index (χ3n) is 2.21. The summed E-state index contributed by atoms with van der Waals surface area (Å²) in [6.07, 6.45) is 0.871. The minimum Gasteiger partial charge on any atom is -0.338 e. The van der Waals surface area contributed by atoms with Crippen molar-refractivity contribution in [3.05, 3.63) is 0 Å². The van der Waals surface area contributed by atoms with E-state index in [2.05, 4.69) is 10.8 Å². The van der Waals surface area contributed by atoms with Crippen molar-refractivity contribution in [1.82, 2.24) is 15.7 Å². The Bertz CT molecular complexity index is 243. The van der Waals surface area contributed by atoms with Gasteiger partial charge >= 0.3 is 6.03 Å². The molecular weight excluding hydrogens is 174 g/mol. The molecule has 72 valence electrons. The maximum Gasteiger partial charge on any atom is 0.318 e. The molecule has 0 aromatic rings. The van der Waals surface area contributed by atoms with Gasteiger partial charge in [-0.1, -0.05) is 0 Å². The van der Waals surface area contributed by atoms with Crippen LogP contribution in [0.15, 0.2) is 0 Å². The molecule has 2 N–H and O–H groups in total. The second-order valence-electron chi connectivity index (χ2n) is 3.07. The number of amides is 3. The molecule has 6 heteroatoms. The zero-order valence-corrected chi connectivity index (χ0v) is 7.08. The van der Waals surface area contributed by atoms with Gasteiger partial charge in [0, 0.05) is 13.1 Å². The van der Waals surface area contributed by atoms with Gasteiger partial charge in [-0.2, -0.15) is 0 Å². The van der Waals surface area contributed by atoms with Crippen molar-refractivity contribution >= 4 is 11.9 Å². The topological polar surface area (TPSA) is 70.7 Å². The van der Waals surface area contributed by atoms with Crippen molar-refractivity contribution < 1.29 is 14.4 Å². The molecule has 1 unspecified atom stereocenters. The molecule has 2 saturated heterocycles. The van der Waals surface area contributed by atoms with Crippen molar-refractivity contribution in [3.63, 3.8) is 0 Å². The van der Waals surface area contributed by atoms with Gasteiger partial charge in [0.2, 0.25) is 0 Å². The first-order valence-corrected chi connectivity index (χ1v) is 4.25. The predicted octanol–water partition coefficient (Wildman–Crippen LogP) is -1.17. The zero-order chi connectivity index (χ0) is 9.26. The Morgan fingerprint density at radius 3 is 2.92 bits per heavy atom. The van der Waals surface area contributed by atoms with Crippen LogP contribution in [0.3, 0.4) is 0 Å². The van der Waals surface area contributed by atoms with Crippen LogP contribution in [0.1, 0.15) is 6.42 Å². The van der Waals surface area contributed by atoms with Crippen LogP contribution < -0.4 is 10.8 Å². The van der Waals surface area contributed by atoms with Crippen LogP contribution in [0.25, 0.3) is 0 Å². The van der Waals surface area contributed by atoms with Gasteiger partial charge in [-0.15, -0.1) is 0 Å². The summed E-state index contributed by atoms with van der Waals surface area (Å²) >= 11 is 0. The molecule has 0 spiro atoms. The first kappa shape index (κ1) is 8.31. The van der Waals surface area contributed by atoms with Crippen molar-refractivity contribution in [2.45, 2.75) is 12.5 Å². The summed E-state index contributed by atoms with van der Waals surface area (Å²) in [4.78, 5) is 28.7. The monoisotopic (exact) mass is 185 g/mol. The zero-order valence-electron chi connectivity index (χ0n) is 7.08. The van der Waals surface area contributed by atoms with E-state index in [4.69, 9.17) is 4.84 Å². The summed E-state index contributed by atoms with van der Waals surface area (Å²) in [5.41, 5.74) is 2.23. The number of hydroxylamine groups is 1. The highest BCUT2D eigenvalue weighted by molar-refractivity contribution is 5.87. The average Bonchev–Trinajstić information content (AvgIpc) is 2.52. The van der Waals surface area contributed by atoms with Crippen molar-refractivity contribution in [2.75, 3.05) is 19.7 Å². The summed E-state index contributed by atoms with van der Waals surface area (Å²) in [5.74, 6) is -0.239. The lowest BCUT2D eigenvalue weighted by molar-refractivity contribution is -0.126. The van der Waals surface area contributed by atoms with Gasteiger partial charge in [0.15, 0.2) is 0 Å². The van der Waals surface area contributed by atoms with Gasteiger partial charge in [-0.25, -0.2) is 10.3 Å². The number of carbonyl (C=O) groups is 2. The predicted molar refractivity (Wildman–Crippen MR) is 42.6 cm³/mol. The average molecular weight is 185 g/mol. The molecule has 2 heterocycles. The lowest BCUT2D eigenvalue weighted by atomic mass is 10.2. The molecule has 0 saturated carbocycles. The van der Waals surface area contributed by atoms with Crippen LogP contribution in [-0.4, -0.2) is 42.6 Å². The van der Waals surface area contributed by atoms with Crippen LogP contribution in [0.4, 0.5) is 4.79 Å². The summed E-state index contributed by atoms with van der Waals surface area (Å²) in [6, 6.07) is -0.641. The lowest BCUT2D eigenvalue weighted by Gasteiger charge is -2.30. The largest absolute Gasteiger partial charge is 0.338 e. The maximum atomic E-state index is 11.3. The van der Waals surface area contributed by atoms with E-state index in [9.17, 15) is 9.59 Å². The maximum absolute atomic E-state index is 11.3. The summed E-state index contributed by atoms with van der Waals surface area (Å²) in [6.45, 7) is 1.55. The smallest absolute Gasteiger partial charge is 0.318 e. The number of hydrogen-bond acceptors (Lipinski definition) is 3. The minimum atomic E-state index is -0.458. The fraction of sp³-hybridized carbons (Fsp3) is 0.714. The van der Waals surface area contributed by atoms with E-state index in [1.807, 2.05) is 0 Å². The fourth-order valence-electron chi connectivity index (χ4n) is 1.51. The SMILES string of the molecule is O=C1NOCC1N1CCCNC1=O. The van der Waals surface area contributed by atoms with E-state index in [0.29, 0.717) is 13.1 Å². The van der Waals surface area contributed by atoms with Gasteiger partial charge in [0.05, 0.1) is 0 Å². The minimum absolute atomic E-state index is 0.183. The summed E-state index contributed by atoms with van der Waals surface area (Å²) < 4.78 is 0. The molecule has 0 bridgehead atoms. The molecule has 0 radical (unpaired) electrons. The molecule has 1 atom stereocenters. The highest BCUT2D eigenvalue weighted by atomic mass is 16.7. The molecule has 13 heavy (non-hydrogen) atoms. The molecule has 2 rings (SSSR count). The molecule has 2 aliphatic heterocycles. The first-order chi connectivity index (χ1) is 6.29. The van der Waals surface area contributed by atoms with Crippen LogP contribution in [0.5, 0.6) is 0 Å². The molecule has 3 amide bonds. The lowest BCUT2D eigenvalue weighted by Crippen LogP contribution is -2.54. The molecule has 6 nitrogen and oxygen atoms in total. The fourth-order valence-corrected chi connectivity index (χ4v) is 1.51. The van der Waals surface area contributed by atoms with Crippen molar-refractivity contribution in [3.8, 4) is 0 Å². The Balaban J connectivity index is 2.05. The normalized spacial score (nSPS) is 28.6. The molecular formula is C7H11N3O3. The van der Waals surface area contributed by atoms with Gasteiger partial charge in [-0.05, 0) is 6.42 Å². The van der Waals surface area contributed by atoms with Gasteiger partial charge in [0.25, 0.3) is 5.91 Å². The van der Waals surface area contributed by atoms with E-state index in [1.54, 1.807) is 0 Å². The number of nitrogens with zero attached hydrogens (tertiary/aromatic N) is 1.